The molecule has 24 heavy (non-hydrogen) atoms. The van der Waals surface area contributed by atoms with Crippen LogP contribution in [0.1, 0.15) is 37.5 Å². The minimum absolute atomic E-state index is 0.183. The van der Waals surface area contributed by atoms with Crippen LogP contribution in [0, 0.1) is 0 Å². The van der Waals surface area contributed by atoms with E-state index in [1.807, 2.05) is 4.57 Å². The third-order valence-corrected chi connectivity index (χ3v) is 6.24. The molecule has 0 radical (unpaired) electrons. The van der Waals surface area contributed by atoms with Gasteiger partial charge in [0.05, 0.1) is 23.8 Å². The molecule has 0 aromatic carbocycles. The highest BCUT2D eigenvalue weighted by atomic mass is 79.9. The van der Waals surface area contributed by atoms with Crippen molar-refractivity contribution >= 4 is 15.9 Å². The van der Waals surface area contributed by atoms with Crippen LogP contribution in [0.3, 0.4) is 0 Å². The lowest BCUT2D eigenvalue weighted by Crippen LogP contribution is -2.67. The molecule has 2 aliphatic rings. The van der Waals surface area contributed by atoms with Gasteiger partial charge in [0.1, 0.15) is 17.3 Å². The summed E-state index contributed by atoms with van der Waals surface area (Å²) in [4.78, 5) is 12.5. The van der Waals surface area contributed by atoms with Gasteiger partial charge in [-0.25, -0.2) is 0 Å². The van der Waals surface area contributed by atoms with Gasteiger partial charge in [-0.1, -0.05) is 12.8 Å². The summed E-state index contributed by atoms with van der Waals surface area (Å²) in [5, 5.41) is 0. The second-order valence-electron chi connectivity index (χ2n) is 6.47. The molecule has 1 aromatic rings. The highest BCUT2D eigenvalue weighted by Gasteiger charge is 2.63. The first-order valence-electron chi connectivity index (χ1n) is 8.10. The Morgan fingerprint density at radius 1 is 1.17 bits per heavy atom. The Bertz CT molecular complexity index is 690. The Kier molecular flexibility index (Phi) is 4.81. The van der Waals surface area contributed by atoms with Gasteiger partial charge < -0.3 is 23.5 Å². The zero-order chi connectivity index (χ0) is 17.5. The quantitative estimate of drug-likeness (QED) is 0.775. The minimum atomic E-state index is -0.650. The van der Waals surface area contributed by atoms with Gasteiger partial charge in [-0.2, -0.15) is 0 Å². The van der Waals surface area contributed by atoms with Crippen LogP contribution in [0.15, 0.2) is 15.5 Å². The van der Waals surface area contributed by atoms with Crippen molar-refractivity contribution in [3.63, 3.8) is 0 Å². The summed E-state index contributed by atoms with van der Waals surface area (Å²) in [6, 6.07) is 0. The summed E-state index contributed by atoms with van der Waals surface area (Å²) < 4.78 is 25.9. The Labute approximate surface area is 150 Å². The number of halogens is 1. The molecule has 7 heteroatoms. The first-order chi connectivity index (χ1) is 11.5. The molecule has 0 spiro atoms. The molecule has 3 rings (SSSR count). The number of rotatable bonds is 4. The van der Waals surface area contributed by atoms with Crippen LogP contribution in [-0.4, -0.2) is 44.2 Å². The molecule has 134 valence electrons. The summed E-state index contributed by atoms with van der Waals surface area (Å²) >= 11 is 3.34. The van der Waals surface area contributed by atoms with E-state index in [-0.39, 0.29) is 5.43 Å². The van der Waals surface area contributed by atoms with E-state index in [9.17, 15) is 4.79 Å². The number of ether oxygens (including phenoxy) is 4. The van der Waals surface area contributed by atoms with Crippen molar-refractivity contribution in [1.82, 2.24) is 4.57 Å². The van der Waals surface area contributed by atoms with Crippen molar-refractivity contribution in [3.05, 3.63) is 26.6 Å². The van der Waals surface area contributed by atoms with Crippen molar-refractivity contribution in [1.29, 1.82) is 0 Å². The Morgan fingerprint density at radius 2 is 1.88 bits per heavy atom. The number of hydrogen-bond acceptors (Lipinski definition) is 5. The molecule has 1 aliphatic carbocycles. The second-order valence-corrected chi connectivity index (χ2v) is 7.32. The van der Waals surface area contributed by atoms with Gasteiger partial charge in [0.2, 0.25) is 5.43 Å². The van der Waals surface area contributed by atoms with Crippen molar-refractivity contribution in [3.8, 4) is 5.75 Å². The maximum atomic E-state index is 12.5. The smallest absolute Gasteiger partial charge is 0.237 e. The molecular weight excluding hydrogens is 378 g/mol. The lowest BCUT2D eigenvalue weighted by Gasteiger charge is -2.57. The third-order valence-electron chi connectivity index (χ3n) is 5.68. The first kappa shape index (κ1) is 17.9. The van der Waals surface area contributed by atoms with Crippen LogP contribution in [0.2, 0.25) is 0 Å². The lowest BCUT2D eigenvalue weighted by atomic mass is 9.65. The molecule has 0 saturated heterocycles. The van der Waals surface area contributed by atoms with Crippen molar-refractivity contribution in [2.75, 3.05) is 28.4 Å². The third kappa shape index (κ3) is 2.21. The van der Waals surface area contributed by atoms with Crippen LogP contribution in [0.25, 0.3) is 0 Å². The van der Waals surface area contributed by atoms with Gasteiger partial charge in [0, 0.05) is 27.5 Å². The van der Waals surface area contributed by atoms with Crippen LogP contribution in [0.4, 0.5) is 0 Å². The number of fused-ring (bicyclic) bond motifs is 2. The fourth-order valence-electron chi connectivity index (χ4n) is 4.57. The average Bonchev–Trinajstić information content (AvgIpc) is 2.61. The van der Waals surface area contributed by atoms with E-state index in [4.69, 9.17) is 18.9 Å². The minimum Gasteiger partial charge on any atom is -0.491 e. The molecule has 3 unspecified atom stereocenters. The summed E-state index contributed by atoms with van der Waals surface area (Å²) in [7, 11) is 6.58. The lowest BCUT2D eigenvalue weighted by molar-refractivity contribution is -0.270. The fraction of sp³-hybridized carbons (Fsp3) is 0.706. The first-order valence-corrected chi connectivity index (χ1v) is 8.89. The number of aromatic nitrogens is 1. The van der Waals surface area contributed by atoms with E-state index >= 15 is 0 Å². The van der Waals surface area contributed by atoms with Gasteiger partial charge in [-0.15, -0.1) is 0 Å². The molecule has 1 aromatic heterocycles. The van der Waals surface area contributed by atoms with Crippen LogP contribution >= 0.6 is 15.9 Å². The number of pyridine rings is 1. The standard InChI is InChI=1S/C17H24BrNO5/c1-21-14-12-15(22-2)17(24-4)8-6-5-7-16(17,23-3)10-19(12)9-11(18)13(14)20/h9,15H,5-8,10H2,1-4H3. The van der Waals surface area contributed by atoms with Gasteiger partial charge in [0.25, 0.3) is 0 Å². The molecular formula is C17H24BrNO5. The molecule has 6 nitrogen and oxygen atoms in total. The summed E-state index contributed by atoms with van der Waals surface area (Å²) in [6.45, 7) is 0.585. The molecule has 1 fully saturated rings. The molecule has 3 atom stereocenters. The zero-order valence-corrected chi connectivity index (χ0v) is 16.1. The average molecular weight is 402 g/mol. The molecule has 1 saturated carbocycles. The van der Waals surface area contributed by atoms with Gasteiger partial charge in [-0.05, 0) is 28.8 Å². The maximum Gasteiger partial charge on any atom is 0.237 e. The number of methoxy groups -OCH3 is 4. The predicted octanol–water partition coefficient (Wildman–Crippen LogP) is 2.66. The van der Waals surface area contributed by atoms with Crippen LogP contribution in [0.5, 0.6) is 5.75 Å². The van der Waals surface area contributed by atoms with Crippen molar-refractivity contribution in [2.45, 2.75) is 49.5 Å². The molecule has 0 bridgehead atoms. The van der Waals surface area contributed by atoms with E-state index in [1.54, 1.807) is 27.5 Å². The molecule has 1 aliphatic heterocycles. The predicted molar refractivity (Wildman–Crippen MR) is 92.7 cm³/mol. The van der Waals surface area contributed by atoms with Gasteiger partial charge >= 0.3 is 0 Å². The van der Waals surface area contributed by atoms with Crippen molar-refractivity contribution in [2.24, 2.45) is 0 Å². The topological polar surface area (TPSA) is 58.9 Å². The Hall–Kier alpha value is -0.890. The largest absolute Gasteiger partial charge is 0.491 e. The van der Waals surface area contributed by atoms with Gasteiger partial charge in [-0.3, -0.25) is 4.79 Å². The van der Waals surface area contributed by atoms with Crippen LogP contribution in [-0.2, 0) is 20.8 Å². The summed E-state index contributed by atoms with van der Waals surface area (Å²) in [6.07, 6.45) is 5.13. The van der Waals surface area contributed by atoms with E-state index in [0.29, 0.717) is 22.5 Å². The monoisotopic (exact) mass is 401 g/mol. The Morgan fingerprint density at radius 3 is 2.46 bits per heavy atom. The van der Waals surface area contributed by atoms with E-state index in [0.717, 1.165) is 25.7 Å². The molecule has 2 heterocycles. The second kappa shape index (κ2) is 6.44. The van der Waals surface area contributed by atoms with Gasteiger partial charge in [0.15, 0.2) is 5.75 Å². The number of hydrogen-bond donors (Lipinski definition) is 0. The SMILES string of the molecule is COc1c2n(cc(Br)c1=O)CC1(OC)CCCCC1(OC)C2OC. The highest BCUT2D eigenvalue weighted by molar-refractivity contribution is 9.10. The highest BCUT2D eigenvalue weighted by Crippen LogP contribution is 2.55. The molecule has 0 N–H and O–H groups in total. The summed E-state index contributed by atoms with van der Waals surface area (Å²) in [5.41, 5.74) is -0.627. The maximum absolute atomic E-state index is 12.5. The zero-order valence-electron chi connectivity index (χ0n) is 14.6. The Balaban J connectivity index is 2.32. The van der Waals surface area contributed by atoms with Crippen LogP contribution < -0.4 is 10.2 Å². The molecule has 0 amide bonds. The van der Waals surface area contributed by atoms with Crippen molar-refractivity contribution < 1.29 is 18.9 Å². The van der Waals surface area contributed by atoms with E-state index < -0.39 is 17.3 Å². The number of nitrogens with zero attached hydrogens (tertiary/aromatic N) is 1. The normalized spacial score (nSPS) is 32.1. The van der Waals surface area contributed by atoms with E-state index in [1.165, 1.54) is 7.11 Å². The van der Waals surface area contributed by atoms with E-state index in [2.05, 4.69) is 15.9 Å². The summed E-state index contributed by atoms with van der Waals surface area (Å²) in [5.74, 6) is 0.294. The fourth-order valence-corrected chi connectivity index (χ4v) is 5.00.